The Morgan fingerprint density at radius 2 is 2.16 bits per heavy atom. The van der Waals surface area contributed by atoms with Crippen LogP contribution in [0.15, 0.2) is 24.3 Å². The molecule has 0 spiro atoms. The molecular weight excluding hydrogens is 344 g/mol. The van der Waals surface area contributed by atoms with Crippen molar-refractivity contribution in [3.8, 4) is 0 Å². The minimum Gasteiger partial charge on any atom is -0.481 e. The summed E-state index contributed by atoms with van der Waals surface area (Å²) in [4.78, 5) is 25.6. The van der Waals surface area contributed by atoms with Crippen molar-refractivity contribution in [3.05, 3.63) is 35.0 Å². The van der Waals surface area contributed by atoms with Gasteiger partial charge < -0.3 is 19.3 Å². The first-order chi connectivity index (χ1) is 12.0. The van der Waals surface area contributed by atoms with E-state index in [4.69, 9.17) is 21.4 Å². The predicted molar refractivity (Wildman–Crippen MR) is 95.1 cm³/mol. The van der Waals surface area contributed by atoms with Crippen LogP contribution in [-0.4, -0.2) is 52.3 Å². The normalized spacial score (nSPS) is 17.1. The molecule has 1 amide bonds. The molecule has 7 heteroatoms. The molecule has 25 heavy (non-hydrogen) atoms. The van der Waals surface area contributed by atoms with Crippen molar-refractivity contribution in [2.24, 2.45) is 7.05 Å². The summed E-state index contributed by atoms with van der Waals surface area (Å²) in [7, 11) is 1.79. The molecule has 1 saturated heterocycles. The Hall–Kier alpha value is -2.05. The second-order valence-electron chi connectivity index (χ2n) is 6.27. The zero-order chi connectivity index (χ0) is 18.0. The van der Waals surface area contributed by atoms with Gasteiger partial charge in [0, 0.05) is 37.6 Å². The third kappa shape index (κ3) is 3.65. The molecule has 0 unspecified atom stereocenters. The average Bonchev–Trinajstić information content (AvgIpc) is 3.19. The zero-order valence-corrected chi connectivity index (χ0v) is 14.8. The maximum absolute atomic E-state index is 13.1. The van der Waals surface area contributed by atoms with Gasteiger partial charge in [0.1, 0.15) is 5.69 Å². The molecule has 1 aliphatic heterocycles. The molecular formula is C18H21ClN2O4. The lowest BCUT2D eigenvalue weighted by atomic mass is 10.2. The van der Waals surface area contributed by atoms with Gasteiger partial charge in [-0.1, -0.05) is 29.8 Å². The number of carboxylic acids is 1. The lowest BCUT2D eigenvalue weighted by Gasteiger charge is -2.25. The molecule has 1 N–H and O–H groups in total. The van der Waals surface area contributed by atoms with Crippen LogP contribution in [0.2, 0.25) is 5.02 Å². The van der Waals surface area contributed by atoms with Gasteiger partial charge in [-0.05, 0) is 18.9 Å². The first-order valence-electron chi connectivity index (χ1n) is 8.34. The number of benzene rings is 1. The van der Waals surface area contributed by atoms with Gasteiger partial charge in [0.15, 0.2) is 0 Å². The highest BCUT2D eigenvalue weighted by Gasteiger charge is 2.28. The number of carbonyl (C=O) groups excluding carboxylic acids is 1. The Morgan fingerprint density at radius 1 is 1.40 bits per heavy atom. The van der Waals surface area contributed by atoms with E-state index in [9.17, 15) is 9.59 Å². The Labute approximate surface area is 150 Å². The molecule has 0 radical (unpaired) electrons. The number of halogens is 1. The van der Waals surface area contributed by atoms with Crippen molar-refractivity contribution in [3.63, 3.8) is 0 Å². The first-order valence-corrected chi connectivity index (χ1v) is 8.72. The van der Waals surface area contributed by atoms with Crippen LogP contribution in [0.1, 0.15) is 29.8 Å². The number of fused-ring (bicyclic) bond motifs is 1. The number of aliphatic carboxylic acids is 1. The van der Waals surface area contributed by atoms with Gasteiger partial charge in [-0.2, -0.15) is 0 Å². The Morgan fingerprint density at radius 3 is 2.80 bits per heavy atom. The van der Waals surface area contributed by atoms with Crippen molar-refractivity contribution >= 4 is 34.4 Å². The molecule has 1 fully saturated rings. The number of ether oxygens (including phenoxy) is 1. The van der Waals surface area contributed by atoms with Crippen molar-refractivity contribution in [1.29, 1.82) is 0 Å². The summed E-state index contributed by atoms with van der Waals surface area (Å²) in [5.41, 5.74) is 1.25. The predicted octanol–water partition coefficient (Wildman–Crippen LogP) is 2.93. The summed E-state index contributed by atoms with van der Waals surface area (Å²) in [6, 6.07) is 7.54. The molecule has 1 aromatic carbocycles. The molecule has 2 heterocycles. The lowest BCUT2D eigenvalue weighted by molar-refractivity contribution is -0.137. The van der Waals surface area contributed by atoms with Crippen LogP contribution in [-0.2, 0) is 16.6 Å². The smallest absolute Gasteiger partial charge is 0.305 e. The SMILES string of the molecule is Cn1c(C(=O)N(CCC(=O)O)C[C@@H]2CCCO2)c(Cl)c2ccccc21. The first kappa shape index (κ1) is 17.8. The number of aryl methyl sites for hydroxylation is 1. The second kappa shape index (κ2) is 7.45. The highest BCUT2D eigenvalue weighted by Crippen LogP contribution is 2.31. The maximum Gasteiger partial charge on any atom is 0.305 e. The summed E-state index contributed by atoms with van der Waals surface area (Å²) in [5.74, 6) is -1.20. The van der Waals surface area contributed by atoms with Gasteiger partial charge in [0.2, 0.25) is 0 Å². The van der Waals surface area contributed by atoms with Crippen LogP contribution in [0, 0.1) is 0 Å². The zero-order valence-electron chi connectivity index (χ0n) is 14.1. The molecule has 3 rings (SSSR count). The summed E-state index contributed by atoms with van der Waals surface area (Å²) in [6.45, 7) is 1.19. The minimum atomic E-state index is -0.937. The van der Waals surface area contributed by atoms with E-state index < -0.39 is 5.97 Å². The van der Waals surface area contributed by atoms with Crippen LogP contribution in [0.5, 0.6) is 0 Å². The Kier molecular flexibility index (Phi) is 5.30. The van der Waals surface area contributed by atoms with Crippen LogP contribution in [0.4, 0.5) is 0 Å². The average molecular weight is 365 g/mol. The van der Waals surface area contributed by atoms with E-state index in [1.165, 1.54) is 0 Å². The van der Waals surface area contributed by atoms with Crippen LogP contribution in [0.3, 0.4) is 0 Å². The Balaban J connectivity index is 1.91. The van der Waals surface area contributed by atoms with E-state index in [1.54, 1.807) is 16.5 Å². The number of carbonyl (C=O) groups is 2. The highest BCUT2D eigenvalue weighted by atomic mass is 35.5. The number of nitrogens with zero attached hydrogens (tertiary/aromatic N) is 2. The Bertz CT molecular complexity index is 757. The summed E-state index contributed by atoms with van der Waals surface area (Å²) in [5, 5.41) is 10.2. The third-order valence-electron chi connectivity index (χ3n) is 4.58. The van der Waals surface area contributed by atoms with Gasteiger partial charge in [0.05, 0.1) is 17.5 Å². The standard InChI is InChI=1S/C18H21ClN2O4/c1-20-14-7-3-2-6-13(14)16(19)17(20)18(24)21(9-8-15(22)23)11-12-5-4-10-25-12/h2-3,6-7,12H,4-5,8-11H2,1H3,(H,22,23)/t12-/m0/s1. The number of aromatic nitrogens is 1. The number of amides is 1. The molecule has 0 aliphatic carbocycles. The molecule has 2 aromatic rings. The molecule has 0 bridgehead atoms. The number of hydrogen-bond donors (Lipinski definition) is 1. The van der Waals surface area contributed by atoms with E-state index in [2.05, 4.69) is 0 Å². The largest absolute Gasteiger partial charge is 0.481 e. The fourth-order valence-corrected chi connectivity index (χ4v) is 3.64. The lowest BCUT2D eigenvalue weighted by Crippen LogP contribution is -2.39. The highest BCUT2D eigenvalue weighted by molar-refractivity contribution is 6.38. The summed E-state index contributed by atoms with van der Waals surface area (Å²) < 4.78 is 7.38. The van der Waals surface area contributed by atoms with Crippen molar-refractivity contribution in [2.75, 3.05) is 19.7 Å². The number of carboxylic acid groups (broad SMARTS) is 1. The van der Waals surface area contributed by atoms with Gasteiger partial charge in [-0.25, -0.2) is 0 Å². The molecule has 1 aromatic heterocycles. The van der Waals surface area contributed by atoms with Crippen LogP contribution in [0.25, 0.3) is 10.9 Å². The minimum absolute atomic E-state index is 0.0498. The molecule has 0 saturated carbocycles. The van der Waals surface area contributed by atoms with E-state index in [-0.39, 0.29) is 25.0 Å². The summed E-state index contributed by atoms with van der Waals surface area (Å²) in [6.07, 6.45) is 1.67. The molecule has 1 aliphatic rings. The summed E-state index contributed by atoms with van der Waals surface area (Å²) >= 11 is 6.46. The van der Waals surface area contributed by atoms with E-state index >= 15 is 0 Å². The third-order valence-corrected chi connectivity index (χ3v) is 4.96. The second-order valence-corrected chi connectivity index (χ2v) is 6.65. The number of rotatable bonds is 6. The van der Waals surface area contributed by atoms with E-state index in [0.717, 1.165) is 23.7 Å². The number of hydrogen-bond acceptors (Lipinski definition) is 3. The fraction of sp³-hybridized carbons (Fsp3) is 0.444. The van der Waals surface area contributed by atoms with Crippen LogP contribution < -0.4 is 0 Å². The van der Waals surface area contributed by atoms with Gasteiger partial charge in [0.25, 0.3) is 5.91 Å². The van der Waals surface area contributed by atoms with Gasteiger partial charge >= 0.3 is 5.97 Å². The monoisotopic (exact) mass is 364 g/mol. The quantitative estimate of drug-likeness (QED) is 0.855. The molecule has 134 valence electrons. The van der Waals surface area contributed by atoms with Crippen molar-refractivity contribution in [1.82, 2.24) is 9.47 Å². The van der Waals surface area contributed by atoms with E-state index in [0.29, 0.717) is 23.9 Å². The van der Waals surface area contributed by atoms with Crippen molar-refractivity contribution in [2.45, 2.75) is 25.4 Å². The topological polar surface area (TPSA) is 71.8 Å². The van der Waals surface area contributed by atoms with Crippen molar-refractivity contribution < 1.29 is 19.4 Å². The number of para-hydroxylation sites is 1. The maximum atomic E-state index is 13.1. The molecule has 1 atom stereocenters. The van der Waals surface area contributed by atoms with E-state index in [1.807, 2.05) is 24.3 Å². The van der Waals surface area contributed by atoms with Gasteiger partial charge in [-0.15, -0.1) is 0 Å². The van der Waals surface area contributed by atoms with Gasteiger partial charge in [-0.3, -0.25) is 9.59 Å². The molecule has 6 nitrogen and oxygen atoms in total. The van der Waals surface area contributed by atoms with Crippen LogP contribution >= 0.6 is 11.6 Å². The fourth-order valence-electron chi connectivity index (χ4n) is 3.27.